The van der Waals surface area contributed by atoms with E-state index < -0.39 is 0 Å². The molecule has 0 aliphatic carbocycles. The molecule has 2 nitrogen and oxygen atoms in total. The van der Waals surface area contributed by atoms with E-state index in [1.54, 1.807) is 0 Å². The van der Waals surface area contributed by atoms with Crippen molar-refractivity contribution in [3.8, 4) is 0 Å². The second kappa shape index (κ2) is 8.31. The van der Waals surface area contributed by atoms with Gasteiger partial charge in [-0.2, -0.15) is 0 Å². The summed E-state index contributed by atoms with van der Waals surface area (Å²) in [5.74, 6) is 0. The summed E-state index contributed by atoms with van der Waals surface area (Å²) in [5.41, 5.74) is 0. The summed E-state index contributed by atoms with van der Waals surface area (Å²) in [5, 5.41) is 0. The maximum absolute atomic E-state index is 3.16. The van der Waals surface area contributed by atoms with Crippen LogP contribution < -0.4 is 0 Å². The zero-order valence-corrected chi connectivity index (χ0v) is 11.8. The van der Waals surface area contributed by atoms with E-state index in [4.69, 9.17) is 0 Å². The van der Waals surface area contributed by atoms with Crippen molar-refractivity contribution in [2.45, 2.75) is 39.5 Å². The first-order valence-electron chi connectivity index (χ1n) is 5.59. The molecule has 0 aromatic rings. The van der Waals surface area contributed by atoms with Gasteiger partial charge < -0.3 is 0 Å². The van der Waals surface area contributed by atoms with Crippen molar-refractivity contribution in [2.24, 2.45) is 0 Å². The summed E-state index contributed by atoms with van der Waals surface area (Å²) in [6.45, 7) is 6.76. The Morgan fingerprint density at radius 2 is 1.29 bits per heavy atom. The van der Waals surface area contributed by atoms with E-state index in [-0.39, 0.29) is 0 Å². The predicted molar refractivity (Wildman–Crippen MR) is 65.8 cm³/mol. The summed E-state index contributed by atoms with van der Waals surface area (Å²) in [4.78, 5) is 4.61. The topological polar surface area (TPSA) is 6.48 Å². The average molecular weight is 263 g/mol. The van der Waals surface area contributed by atoms with Crippen LogP contribution in [0.15, 0.2) is 0 Å². The Balaban J connectivity index is 3.78. The fraction of sp³-hybridized carbons (Fsp3) is 0.909. The van der Waals surface area contributed by atoms with Crippen molar-refractivity contribution >= 4 is 20.2 Å². The normalized spacial score (nSPS) is 10.0. The van der Waals surface area contributed by atoms with Crippen molar-refractivity contribution in [1.82, 2.24) is 9.80 Å². The molecular formula is C11H24N2Se. The Bertz CT molecular complexity index is 143. The van der Waals surface area contributed by atoms with Gasteiger partial charge in [-0.3, -0.25) is 0 Å². The second-order valence-electron chi connectivity index (χ2n) is 3.83. The van der Waals surface area contributed by atoms with Crippen LogP contribution in [-0.4, -0.2) is 57.2 Å². The fourth-order valence-electron chi connectivity index (χ4n) is 1.27. The quantitative estimate of drug-likeness (QED) is 0.615. The summed E-state index contributed by atoms with van der Waals surface area (Å²) in [6.07, 6.45) is 5.05. The minimum absolute atomic E-state index is 1.15. The van der Waals surface area contributed by atoms with Crippen molar-refractivity contribution < 1.29 is 0 Å². The molecule has 84 valence electrons. The van der Waals surface area contributed by atoms with Crippen LogP contribution in [0.25, 0.3) is 0 Å². The van der Waals surface area contributed by atoms with Gasteiger partial charge in [0.1, 0.15) is 0 Å². The van der Waals surface area contributed by atoms with Gasteiger partial charge >= 0.3 is 96.8 Å². The van der Waals surface area contributed by atoms with Gasteiger partial charge in [0.05, 0.1) is 0 Å². The number of hydrogen-bond acceptors (Lipinski definition) is 2. The molecule has 0 heterocycles. The van der Waals surface area contributed by atoms with Crippen LogP contribution in [0.1, 0.15) is 39.5 Å². The molecule has 0 spiro atoms. The molecule has 0 aromatic heterocycles. The molecule has 0 atom stereocenters. The van der Waals surface area contributed by atoms with Gasteiger partial charge in [0.25, 0.3) is 0 Å². The molecule has 0 N–H and O–H groups in total. The Hall–Kier alpha value is -0.0105. The van der Waals surface area contributed by atoms with Crippen LogP contribution in [0.2, 0.25) is 0 Å². The zero-order valence-electron chi connectivity index (χ0n) is 10.0. The summed E-state index contributed by atoms with van der Waals surface area (Å²) in [7, 11) is 4.31. The molecule has 0 rings (SSSR count). The Kier molecular flexibility index (Phi) is 8.30. The first-order chi connectivity index (χ1) is 6.63. The zero-order chi connectivity index (χ0) is 11.0. The molecule has 14 heavy (non-hydrogen) atoms. The molecule has 0 aliphatic rings. The number of hydrogen-bond donors (Lipinski definition) is 0. The van der Waals surface area contributed by atoms with Gasteiger partial charge in [0, 0.05) is 0 Å². The number of nitrogens with zero attached hydrogens (tertiary/aromatic N) is 2. The molecule has 0 fully saturated rings. The van der Waals surface area contributed by atoms with Crippen LogP contribution in [0.5, 0.6) is 0 Å². The van der Waals surface area contributed by atoms with Crippen LogP contribution in [0.4, 0.5) is 0 Å². The van der Waals surface area contributed by atoms with Gasteiger partial charge in [0.2, 0.25) is 0 Å². The standard InChI is InChI=1S/C11H24N2Se/c1-5-7-9-12(3)11(14)13(4)10-8-6-2/h5-10H2,1-4H3. The minimum atomic E-state index is 1.15. The fourth-order valence-corrected chi connectivity index (χ4v) is 1.66. The molecule has 0 amide bonds. The van der Waals surface area contributed by atoms with E-state index in [1.807, 2.05) is 0 Å². The third kappa shape index (κ3) is 5.66. The van der Waals surface area contributed by atoms with E-state index in [1.165, 1.54) is 30.3 Å². The van der Waals surface area contributed by atoms with E-state index >= 15 is 0 Å². The number of rotatable bonds is 8. The second-order valence-corrected chi connectivity index (χ2v) is 4.60. The van der Waals surface area contributed by atoms with Gasteiger partial charge in [-0.1, -0.05) is 0 Å². The van der Waals surface area contributed by atoms with Crippen LogP contribution in [-0.2, 0) is 0 Å². The molecular weight excluding hydrogens is 239 g/mol. The SMILES string of the molecule is CCCCN(C)C(=[Se])N(C)CCCC. The van der Waals surface area contributed by atoms with Crippen LogP contribution in [0, 0.1) is 0 Å². The predicted octanol–water partition coefficient (Wildman–Crippen LogP) is 1.71. The van der Waals surface area contributed by atoms with Gasteiger partial charge in [-0.15, -0.1) is 0 Å². The molecule has 0 aromatic carbocycles. The van der Waals surface area contributed by atoms with Crippen molar-refractivity contribution in [3.63, 3.8) is 0 Å². The van der Waals surface area contributed by atoms with E-state index in [0.717, 1.165) is 13.1 Å². The van der Waals surface area contributed by atoms with Gasteiger partial charge in [-0.25, -0.2) is 0 Å². The summed E-state index contributed by atoms with van der Waals surface area (Å²) >= 11 is 3.16. The first kappa shape index (κ1) is 14.0. The van der Waals surface area contributed by atoms with Gasteiger partial charge in [-0.05, 0) is 0 Å². The third-order valence-corrected chi connectivity index (χ3v) is 3.66. The monoisotopic (exact) mass is 264 g/mol. The van der Waals surface area contributed by atoms with Crippen molar-refractivity contribution in [2.75, 3.05) is 27.2 Å². The van der Waals surface area contributed by atoms with Crippen LogP contribution >= 0.6 is 0 Å². The van der Waals surface area contributed by atoms with Crippen LogP contribution in [0.3, 0.4) is 0 Å². The molecule has 3 heteroatoms. The average Bonchev–Trinajstić information content (AvgIpc) is 2.21. The van der Waals surface area contributed by atoms with Crippen molar-refractivity contribution in [3.05, 3.63) is 0 Å². The summed E-state index contributed by atoms with van der Waals surface area (Å²) in [6, 6.07) is 0. The molecule has 0 bridgehead atoms. The van der Waals surface area contributed by atoms with E-state index in [0.29, 0.717) is 0 Å². The number of unbranched alkanes of at least 4 members (excludes halogenated alkanes) is 2. The molecule has 0 aliphatic heterocycles. The first-order valence-corrected chi connectivity index (χ1v) is 6.45. The Labute approximate surface area is 97.0 Å². The van der Waals surface area contributed by atoms with Crippen molar-refractivity contribution in [1.29, 1.82) is 0 Å². The van der Waals surface area contributed by atoms with Gasteiger partial charge in [0.15, 0.2) is 0 Å². The maximum atomic E-state index is 3.16. The summed E-state index contributed by atoms with van der Waals surface area (Å²) < 4.78 is 1.27. The molecule has 0 unspecified atom stereocenters. The van der Waals surface area contributed by atoms with E-state index in [2.05, 4.69) is 53.3 Å². The Morgan fingerprint density at radius 1 is 0.929 bits per heavy atom. The van der Waals surface area contributed by atoms with E-state index in [9.17, 15) is 0 Å². The molecule has 0 radical (unpaired) electrons. The molecule has 0 saturated heterocycles. The Morgan fingerprint density at radius 3 is 1.57 bits per heavy atom. The third-order valence-electron chi connectivity index (χ3n) is 2.35. The molecule has 0 saturated carbocycles.